The zero-order chi connectivity index (χ0) is 13.0. The summed E-state index contributed by atoms with van der Waals surface area (Å²) in [5.41, 5.74) is 0. The lowest BCUT2D eigenvalue weighted by Gasteiger charge is -2.38. The van der Waals surface area contributed by atoms with Crippen LogP contribution in [0.15, 0.2) is 0 Å². The molecule has 2 saturated heterocycles. The molecule has 1 N–H and O–H groups in total. The molecule has 2 fully saturated rings. The molecule has 0 spiro atoms. The van der Waals surface area contributed by atoms with Gasteiger partial charge in [0.25, 0.3) is 5.91 Å². The molecule has 2 heterocycles. The second kappa shape index (κ2) is 9.79. The van der Waals surface area contributed by atoms with E-state index in [0.29, 0.717) is 19.2 Å². The third-order valence-electron chi connectivity index (χ3n) is 4.10. The predicted octanol–water partition coefficient (Wildman–Crippen LogP) is 0.761. The number of likely N-dealkylation sites (N-methyl/N-ethyl adjacent to an activating group) is 1. The lowest BCUT2D eigenvalue weighted by molar-refractivity contribution is -0.146. The first kappa shape index (κ1) is 19.9. The minimum absolute atomic E-state index is 0. The Kier molecular flexibility index (Phi) is 9.76. The Labute approximate surface area is 134 Å². The maximum Gasteiger partial charge on any atom is 0.253 e. The summed E-state index contributed by atoms with van der Waals surface area (Å²) < 4.78 is 5.53. The summed E-state index contributed by atoms with van der Waals surface area (Å²) in [5.74, 6) is 0.136. The highest BCUT2D eigenvalue weighted by Gasteiger charge is 2.30. The summed E-state index contributed by atoms with van der Waals surface area (Å²) in [7, 11) is 1.92. The van der Waals surface area contributed by atoms with Gasteiger partial charge in [0.2, 0.25) is 0 Å². The van der Waals surface area contributed by atoms with Gasteiger partial charge in [-0.3, -0.25) is 4.79 Å². The number of nitrogens with one attached hydrogen (secondary N) is 1. The summed E-state index contributed by atoms with van der Waals surface area (Å²) in [6, 6.07) is 0.380. The van der Waals surface area contributed by atoms with Crippen LogP contribution in [0.3, 0.4) is 0 Å². The molecular weight excluding hydrogens is 301 g/mol. The molecule has 0 radical (unpaired) electrons. The van der Waals surface area contributed by atoms with Crippen molar-refractivity contribution < 1.29 is 9.53 Å². The van der Waals surface area contributed by atoms with Gasteiger partial charge < -0.3 is 19.9 Å². The van der Waals surface area contributed by atoms with Gasteiger partial charge in [-0.25, -0.2) is 0 Å². The van der Waals surface area contributed by atoms with Gasteiger partial charge in [-0.2, -0.15) is 0 Å². The Hall–Kier alpha value is -0.0700. The molecule has 120 valence electrons. The number of halogens is 2. The van der Waals surface area contributed by atoms with E-state index in [0.717, 1.165) is 39.0 Å². The molecule has 0 bridgehead atoms. The molecule has 0 aromatic rings. The van der Waals surface area contributed by atoms with Gasteiger partial charge in [0.1, 0.15) is 6.10 Å². The zero-order valence-electron chi connectivity index (χ0n) is 12.3. The maximum atomic E-state index is 12.3. The van der Waals surface area contributed by atoms with Crippen LogP contribution in [0, 0.1) is 0 Å². The van der Waals surface area contributed by atoms with Crippen molar-refractivity contribution in [3.8, 4) is 0 Å². The lowest BCUT2D eigenvalue weighted by Crippen LogP contribution is -2.53. The van der Waals surface area contributed by atoms with E-state index >= 15 is 0 Å². The predicted molar refractivity (Wildman–Crippen MR) is 85.0 cm³/mol. The molecule has 7 heteroatoms. The number of nitrogens with zero attached hydrogens (tertiary/aromatic N) is 2. The molecule has 5 nitrogen and oxygen atoms in total. The Bertz CT molecular complexity index is 281. The average molecular weight is 328 g/mol. The number of rotatable bonds is 3. The van der Waals surface area contributed by atoms with Crippen LogP contribution in [-0.2, 0) is 9.53 Å². The molecule has 2 rings (SSSR count). The van der Waals surface area contributed by atoms with Crippen LogP contribution in [0.2, 0.25) is 0 Å². The van der Waals surface area contributed by atoms with Crippen molar-refractivity contribution in [1.29, 1.82) is 0 Å². The van der Waals surface area contributed by atoms with Crippen molar-refractivity contribution in [2.45, 2.75) is 31.9 Å². The van der Waals surface area contributed by atoms with Gasteiger partial charge in [0.05, 0.1) is 6.61 Å². The molecule has 2 aliphatic rings. The fraction of sp³-hybridized carbons (Fsp3) is 0.923. The van der Waals surface area contributed by atoms with Crippen LogP contribution in [0.1, 0.15) is 19.8 Å². The van der Waals surface area contributed by atoms with E-state index < -0.39 is 0 Å². The Balaban J connectivity index is 0.00000180. The quantitative estimate of drug-likeness (QED) is 0.831. The number of carbonyl (C=O) groups is 1. The van der Waals surface area contributed by atoms with Crippen molar-refractivity contribution in [2.24, 2.45) is 0 Å². The van der Waals surface area contributed by atoms with Gasteiger partial charge in [0.15, 0.2) is 0 Å². The van der Waals surface area contributed by atoms with Gasteiger partial charge in [-0.05, 0) is 19.4 Å². The molecular formula is C13H27Cl2N3O2. The first-order chi connectivity index (χ1) is 8.72. The van der Waals surface area contributed by atoms with Crippen LogP contribution in [-0.4, -0.2) is 74.2 Å². The second-order valence-corrected chi connectivity index (χ2v) is 5.18. The van der Waals surface area contributed by atoms with Crippen LogP contribution in [0.4, 0.5) is 0 Å². The van der Waals surface area contributed by atoms with E-state index in [1.807, 2.05) is 11.9 Å². The minimum Gasteiger partial charge on any atom is -0.366 e. The van der Waals surface area contributed by atoms with Crippen LogP contribution in [0.25, 0.3) is 0 Å². The molecule has 1 amide bonds. The highest BCUT2D eigenvalue weighted by molar-refractivity contribution is 5.85. The standard InChI is InChI=1S/C13H25N3O2.2ClH/c1-3-16-7-4-11(5-8-16)15(2)13(17)12-10-14-6-9-18-12;;/h11-12,14H,3-10H2,1-2H3;2*1H. The number of likely N-dealkylation sites (tertiary alicyclic amines) is 1. The molecule has 20 heavy (non-hydrogen) atoms. The smallest absolute Gasteiger partial charge is 0.253 e. The summed E-state index contributed by atoms with van der Waals surface area (Å²) >= 11 is 0. The third kappa shape index (κ3) is 5.04. The van der Waals surface area contributed by atoms with Gasteiger partial charge in [0, 0.05) is 39.3 Å². The Morgan fingerprint density at radius 1 is 1.35 bits per heavy atom. The van der Waals surface area contributed by atoms with Crippen molar-refractivity contribution in [3.05, 3.63) is 0 Å². The number of hydrogen-bond donors (Lipinski definition) is 1. The van der Waals surface area contributed by atoms with E-state index in [1.54, 1.807) is 0 Å². The highest BCUT2D eigenvalue weighted by atomic mass is 35.5. The minimum atomic E-state index is -0.284. The lowest BCUT2D eigenvalue weighted by atomic mass is 10.0. The summed E-state index contributed by atoms with van der Waals surface area (Å²) in [6.07, 6.45) is 1.87. The summed E-state index contributed by atoms with van der Waals surface area (Å²) in [4.78, 5) is 16.6. The number of ether oxygens (including phenoxy) is 1. The zero-order valence-corrected chi connectivity index (χ0v) is 14.0. The topological polar surface area (TPSA) is 44.8 Å². The summed E-state index contributed by atoms with van der Waals surface area (Å²) in [5, 5.41) is 3.21. The fourth-order valence-corrected chi connectivity index (χ4v) is 2.75. The number of piperidine rings is 1. The fourth-order valence-electron chi connectivity index (χ4n) is 2.75. The molecule has 2 aliphatic heterocycles. The van der Waals surface area contributed by atoms with Gasteiger partial charge in [-0.15, -0.1) is 24.8 Å². The number of carbonyl (C=O) groups excluding carboxylic acids is 1. The van der Waals surface area contributed by atoms with Crippen LogP contribution >= 0.6 is 24.8 Å². The van der Waals surface area contributed by atoms with E-state index in [2.05, 4.69) is 17.1 Å². The SMILES string of the molecule is CCN1CCC(N(C)C(=O)C2CNCCO2)CC1.Cl.Cl. The monoisotopic (exact) mass is 327 g/mol. The number of morpholine rings is 1. The number of hydrogen-bond acceptors (Lipinski definition) is 4. The maximum absolute atomic E-state index is 12.3. The molecule has 1 unspecified atom stereocenters. The van der Waals surface area contributed by atoms with Crippen molar-refractivity contribution in [3.63, 3.8) is 0 Å². The Morgan fingerprint density at radius 3 is 2.50 bits per heavy atom. The van der Waals surface area contributed by atoms with Gasteiger partial charge in [-0.1, -0.05) is 6.92 Å². The van der Waals surface area contributed by atoms with Crippen molar-refractivity contribution in [1.82, 2.24) is 15.1 Å². The first-order valence-corrected chi connectivity index (χ1v) is 7.03. The molecule has 0 aromatic heterocycles. The normalized spacial score (nSPS) is 24.4. The average Bonchev–Trinajstić information content (AvgIpc) is 2.47. The van der Waals surface area contributed by atoms with E-state index in [9.17, 15) is 4.79 Å². The Morgan fingerprint density at radius 2 is 2.00 bits per heavy atom. The largest absolute Gasteiger partial charge is 0.366 e. The van der Waals surface area contributed by atoms with Crippen molar-refractivity contribution in [2.75, 3.05) is 46.4 Å². The molecule has 1 atom stereocenters. The third-order valence-corrected chi connectivity index (χ3v) is 4.10. The van der Waals surface area contributed by atoms with E-state index in [4.69, 9.17) is 4.74 Å². The summed E-state index contributed by atoms with van der Waals surface area (Å²) in [6.45, 7) is 7.64. The molecule has 0 aromatic carbocycles. The molecule has 0 aliphatic carbocycles. The van der Waals surface area contributed by atoms with E-state index in [1.165, 1.54) is 0 Å². The van der Waals surface area contributed by atoms with Crippen LogP contribution in [0.5, 0.6) is 0 Å². The van der Waals surface area contributed by atoms with E-state index in [-0.39, 0.29) is 36.8 Å². The molecule has 0 saturated carbocycles. The number of amides is 1. The van der Waals surface area contributed by atoms with Crippen LogP contribution < -0.4 is 5.32 Å². The second-order valence-electron chi connectivity index (χ2n) is 5.18. The first-order valence-electron chi connectivity index (χ1n) is 7.03. The van der Waals surface area contributed by atoms with Gasteiger partial charge >= 0.3 is 0 Å². The van der Waals surface area contributed by atoms with Crippen molar-refractivity contribution >= 4 is 30.7 Å². The highest BCUT2D eigenvalue weighted by Crippen LogP contribution is 2.16.